The number of aromatic nitrogens is 1. The van der Waals surface area contributed by atoms with E-state index in [0.717, 1.165) is 0 Å². The predicted molar refractivity (Wildman–Crippen MR) is 76.9 cm³/mol. The summed E-state index contributed by atoms with van der Waals surface area (Å²) in [5.74, 6) is -1.32. The van der Waals surface area contributed by atoms with Crippen LogP contribution in [0.25, 0.3) is 0 Å². The Kier molecular flexibility index (Phi) is 5.75. The van der Waals surface area contributed by atoms with Crippen LogP contribution in [0.1, 0.15) is 20.7 Å². The summed E-state index contributed by atoms with van der Waals surface area (Å²) in [4.78, 5) is 14.8. The summed E-state index contributed by atoms with van der Waals surface area (Å²) in [5, 5.41) is 0. The molecule has 0 aliphatic heterocycles. The molecule has 0 fully saturated rings. The number of carbonyl (C=O) groups is 1. The van der Waals surface area contributed by atoms with Gasteiger partial charge < -0.3 is 0 Å². The predicted octanol–water partition coefficient (Wildman–Crippen LogP) is 4.26. The average Bonchev–Trinajstić information content (AvgIpc) is 2.38. The summed E-state index contributed by atoms with van der Waals surface area (Å²) in [6.07, 6.45) is 1.29. The molecule has 0 saturated heterocycles. The van der Waals surface area contributed by atoms with Crippen molar-refractivity contribution in [3.8, 4) is 0 Å². The minimum Gasteiger partial charge on any atom is -0.293 e. The van der Waals surface area contributed by atoms with E-state index in [4.69, 9.17) is 0 Å². The van der Waals surface area contributed by atoms with Gasteiger partial charge in [-0.3, -0.25) is 4.79 Å². The van der Waals surface area contributed by atoms with Gasteiger partial charge in [0.1, 0.15) is 10.6 Å². The van der Waals surface area contributed by atoms with E-state index in [1.807, 2.05) is 0 Å². The summed E-state index contributed by atoms with van der Waals surface area (Å²) in [5.41, 5.74) is 0.826. The molecule has 1 heterocycles. The van der Waals surface area contributed by atoms with Gasteiger partial charge in [-0.15, -0.1) is 17.0 Å². The standard InChI is InChI=1S/C13H8BrF2NO.BrH/c14-12(9-5-6-17-11(16)7-9)13(18)8-1-3-10(15)4-2-8;/h1-7,12H;1H. The zero-order valence-electron chi connectivity index (χ0n) is 9.52. The van der Waals surface area contributed by atoms with Gasteiger partial charge in [0.15, 0.2) is 5.78 Å². The maximum atomic E-state index is 13.0. The van der Waals surface area contributed by atoms with E-state index in [0.29, 0.717) is 11.1 Å². The lowest BCUT2D eigenvalue weighted by Gasteiger charge is -2.09. The highest BCUT2D eigenvalue weighted by Crippen LogP contribution is 2.27. The Morgan fingerprint density at radius 2 is 1.79 bits per heavy atom. The Bertz CT molecular complexity index is 575. The number of benzene rings is 1. The Morgan fingerprint density at radius 1 is 1.16 bits per heavy atom. The van der Waals surface area contributed by atoms with Gasteiger partial charge in [-0.25, -0.2) is 9.37 Å². The van der Waals surface area contributed by atoms with E-state index in [1.165, 1.54) is 36.5 Å². The minimum atomic E-state index is -0.680. The normalized spacial score (nSPS) is 11.5. The third-order valence-electron chi connectivity index (χ3n) is 2.40. The number of hydrogen-bond acceptors (Lipinski definition) is 2. The van der Waals surface area contributed by atoms with E-state index in [1.54, 1.807) is 6.07 Å². The lowest BCUT2D eigenvalue weighted by molar-refractivity contribution is 0.0991. The van der Waals surface area contributed by atoms with E-state index in [2.05, 4.69) is 20.9 Å². The fourth-order valence-corrected chi connectivity index (χ4v) is 2.04. The van der Waals surface area contributed by atoms with Gasteiger partial charge >= 0.3 is 0 Å². The van der Waals surface area contributed by atoms with E-state index in [-0.39, 0.29) is 22.8 Å². The summed E-state index contributed by atoms with van der Waals surface area (Å²) in [6, 6.07) is 7.93. The van der Waals surface area contributed by atoms with Crippen molar-refractivity contribution >= 4 is 38.7 Å². The van der Waals surface area contributed by atoms with Crippen LogP contribution in [-0.2, 0) is 0 Å². The Morgan fingerprint density at radius 3 is 2.37 bits per heavy atom. The number of carbonyl (C=O) groups excluding carboxylic acids is 1. The van der Waals surface area contributed by atoms with Gasteiger partial charge in [0.2, 0.25) is 5.95 Å². The molecule has 0 aliphatic carbocycles. The van der Waals surface area contributed by atoms with Crippen molar-refractivity contribution in [1.82, 2.24) is 4.98 Å². The maximum Gasteiger partial charge on any atom is 0.213 e. The fraction of sp³-hybridized carbons (Fsp3) is 0.0769. The number of ketones is 1. The molecule has 1 aromatic heterocycles. The van der Waals surface area contributed by atoms with Crippen LogP contribution in [0.3, 0.4) is 0 Å². The SMILES string of the molecule is Br.O=C(c1ccc(F)cc1)C(Br)c1ccnc(F)c1. The number of nitrogens with zero attached hydrogens (tertiary/aromatic N) is 1. The molecule has 1 atom stereocenters. The first-order chi connectivity index (χ1) is 8.58. The molecule has 19 heavy (non-hydrogen) atoms. The van der Waals surface area contributed by atoms with Gasteiger partial charge in [-0.2, -0.15) is 4.39 Å². The van der Waals surface area contributed by atoms with Crippen molar-refractivity contribution in [1.29, 1.82) is 0 Å². The molecule has 2 rings (SSSR count). The smallest absolute Gasteiger partial charge is 0.213 e. The molecular weight excluding hydrogens is 384 g/mol. The van der Waals surface area contributed by atoms with E-state index in [9.17, 15) is 13.6 Å². The second-order valence-corrected chi connectivity index (χ2v) is 4.56. The van der Waals surface area contributed by atoms with Crippen LogP contribution in [0.15, 0.2) is 42.6 Å². The molecule has 0 saturated carbocycles. The lowest BCUT2D eigenvalue weighted by atomic mass is 10.0. The van der Waals surface area contributed by atoms with Crippen LogP contribution in [0.4, 0.5) is 8.78 Å². The highest BCUT2D eigenvalue weighted by atomic mass is 79.9. The second-order valence-electron chi connectivity index (χ2n) is 3.65. The zero-order chi connectivity index (χ0) is 13.1. The van der Waals surface area contributed by atoms with Gasteiger partial charge in [-0.05, 0) is 42.0 Å². The molecule has 0 N–H and O–H groups in total. The molecule has 0 bridgehead atoms. The third-order valence-corrected chi connectivity index (χ3v) is 3.35. The molecule has 0 amide bonds. The van der Waals surface area contributed by atoms with Crippen molar-refractivity contribution in [2.24, 2.45) is 0 Å². The van der Waals surface area contributed by atoms with Gasteiger partial charge in [0.05, 0.1) is 0 Å². The molecule has 0 aliphatic rings. The topological polar surface area (TPSA) is 30.0 Å². The first-order valence-electron chi connectivity index (χ1n) is 5.13. The van der Waals surface area contributed by atoms with Crippen LogP contribution >= 0.6 is 32.9 Å². The quantitative estimate of drug-likeness (QED) is 0.444. The van der Waals surface area contributed by atoms with Gasteiger partial charge in [-0.1, -0.05) is 15.9 Å². The monoisotopic (exact) mass is 391 g/mol. The maximum absolute atomic E-state index is 13.0. The van der Waals surface area contributed by atoms with E-state index < -0.39 is 16.6 Å². The molecule has 1 unspecified atom stereocenters. The number of hydrogen-bond donors (Lipinski definition) is 0. The number of alkyl halides is 1. The molecule has 2 nitrogen and oxygen atoms in total. The largest absolute Gasteiger partial charge is 0.293 e. The molecule has 1 aromatic carbocycles. The molecule has 100 valence electrons. The molecular formula is C13H9Br2F2NO. The highest BCUT2D eigenvalue weighted by Gasteiger charge is 2.19. The summed E-state index contributed by atoms with van der Waals surface area (Å²) in [6.45, 7) is 0. The van der Waals surface area contributed by atoms with Gasteiger partial charge in [0, 0.05) is 11.8 Å². The number of Topliss-reactive ketones (excluding diaryl/α,β-unsaturated/α-hetero) is 1. The molecule has 0 spiro atoms. The Balaban J connectivity index is 0.00000180. The van der Waals surface area contributed by atoms with Crippen LogP contribution in [0.2, 0.25) is 0 Å². The first kappa shape index (κ1) is 15.9. The second kappa shape index (κ2) is 6.86. The summed E-state index contributed by atoms with van der Waals surface area (Å²) in [7, 11) is 0. The lowest BCUT2D eigenvalue weighted by Crippen LogP contribution is -2.07. The number of rotatable bonds is 3. The van der Waals surface area contributed by atoms with Gasteiger partial charge in [0.25, 0.3) is 0 Å². The van der Waals surface area contributed by atoms with Crippen molar-refractivity contribution in [2.75, 3.05) is 0 Å². The van der Waals surface area contributed by atoms with Crippen LogP contribution in [-0.4, -0.2) is 10.8 Å². The zero-order valence-corrected chi connectivity index (χ0v) is 12.8. The highest BCUT2D eigenvalue weighted by molar-refractivity contribution is 9.09. The van der Waals surface area contributed by atoms with E-state index >= 15 is 0 Å². The molecule has 0 radical (unpaired) electrons. The van der Waals surface area contributed by atoms with Crippen LogP contribution < -0.4 is 0 Å². The molecule has 2 aromatic rings. The fourth-order valence-electron chi connectivity index (χ4n) is 1.49. The van der Waals surface area contributed by atoms with Crippen molar-refractivity contribution in [2.45, 2.75) is 4.83 Å². The van der Waals surface area contributed by atoms with Crippen molar-refractivity contribution < 1.29 is 13.6 Å². The van der Waals surface area contributed by atoms with Crippen LogP contribution in [0, 0.1) is 11.8 Å². The first-order valence-corrected chi connectivity index (χ1v) is 6.05. The van der Waals surface area contributed by atoms with Crippen molar-refractivity contribution in [3.05, 3.63) is 65.5 Å². The number of pyridine rings is 1. The Labute approximate surface area is 127 Å². The average molecular weight is 393 g/mol. The summed E-state index contributed by atoms with van der Waals surface area (Å²) >= 11 is 3.20. The summed E-state index contributed by atoms with van der Waals surface area (Å²) < 4.78 is 25.7. The minimum absolute atomic E-state index is 0. The number of halogens is 4. The van der Waals surface area contributed by atoms with Crippen LogP contribution in [0.5, 0.6) is 0 Å². The Hall–Kier alpha value is -1.14. The third kappa shape index (κ3) is 3.91. The van der Waals surface area contributed by atoms with Crippen molar-refractivity contribution in [3.63, 3.8) is 0 Å². The molecule has 6 heteroatoms.